The van der Waals surface area contributed by atoms with Crippen molar-refractivity contribution in [2.75, 3.05) is 20.8 Å². The summed E-state index contributed by atoms with van der Waals surface area (Å²) in [5.74, 6) is -3.24. The number of nitrogens with one attached hydrogen (secondary N) is 1. The fourth-order valence-electron chi connectivity index (χ4n) is 10.1. The van der Waals surface area contributed by atoms with Crippen molar-refractivity contribution in [3.8, 4) is 0 Å². The summed E-state index contributed by atoms with van der Waals surface area (Å²) in [6.45, 7) is 16.0. The van der Waals surface area contributed by atoms with Gasteiger partial charge in [0.1, 0.15) is 18.2 Å². The number of nitrogens with zero attached hydrogens (tertiary/aromatic N) is 2. The Hall–Kier alpha value is -10.2. The van der Waals surface area contributed by atoms with E-state index < -0.39 is 111 Å². The molecule has 0 aromatic heterocycles. The number of carboxylic acid groups (broad SMARTS) is 1. The van der Waals surface area contributed by atoms with Crippen LogP contribution in [-0.4, -0.2) is 71.2 Å². The number of allylic oxidation sites excluding steroid dienone is 1. The highest BCUT2D eigenvalue weighted by Gasteiger charge is 2.36. The predicted octanol–water partition coefficient (Wildman–Crippen LogP) is 23.8. The number of ether oxygens (including phenoxy) is 1. The number of amides is 2. The Kier molecular flexibility index (Phi) is 37.3. The number of aryl methyl sites for hydroxylation is 4. The molecule has 0 spiro atoms. The van der Waals surface area contributed by atoms with Gasteiger partial charge in [0.2, 0.25) is 11.8 Å². The van der Waals surface area contributed by atoms with Crippen molar-refractivity contribution in [2.24, 2.45) is 4.99 Å². The van der Waals surface area contributed by atoms with Crippen LogP contribution in [0.3, 0.4) is 0 Å². The van der Waals surface area contributed by atoms with Gasteiger partial charge < -0.3 is 15.2 Å². The summed E-state index contributed by atoms with van der Waals surface area (Å²) in [6.07, 6.45) is -13.8. The number of carbonyl (C=O) groups excluding carboxylic acids is 4. The van der Waals surface area contributed by atoms with Crippen LogP contribution in [0.25, 0.3) is 18.2 Å². The molecule has 0 unspecified atom stereocenters. The highest BCUT2D eigenvalue weighted by molar-refractivity contribution is 6.67. The molecule has 1 aliphatic rings. The summed E-state index contributed by atoms with van der Waals surface area (Å²) >= 11 is 5.05. The second-order valence-electron chi connectivity index (χ2n) is 25.8. The maximum Gasteiger partial charge on any atom is 0.416 e. The molecule has 0 saturated carbocycles. The number of carboxylic acids is 1. The Morgan fingerprint density at radius 1 is 0.535 bits per heavy atom. The fraction of sp³-hybridized carbons (Fsp3) is 0.341. The third-order valence-electron chi connectivity index (χ3n) is 16.1. The number of hydrogen-bond acceptors (Lipinski definition) is 8. The predicted molar refractivity (Wildman–Crippen MR) is 394 cm³/mol. The third kappa shape index (κ3) is 32.7. The Bertz CT molecular complexity index is 4390. The Labute approximate surface area is 650 Å². The van der Waals surface area contributed by atoms with E-state index in [4.69, 9.17) is 26.3 Å². The highest BCUT2D eigenvalue weighted by atomic mass is 35.5. The number of aliphatic imine (C=N–C) groups is 1. The zero-order valence-corrected chi connectivity index (χ0v) is 64.0. The van der Waals surface area contributed by atoms with Crippen LogP contribution >= 0.6 is 11.6 Å². The number of hydrogen-bond donors (Lipinski definition) is 2. The van der Waals surface area contributed by atoms with E-state index in [1.165, 1.54) is 88.7 Å². The van der Waals surface area contributed by atoms with Crippen LogP contribution in [0.1, 0.15) is 197 Å². The molecule has 0 radical (unpaired) electrons. The summed E-state index contributed by atoms with van der Waals surface area (Å²) in [5, 5.41) is 11.3. The minimum Gasteiger partial charge on any atom is -0.478 e. The average molecular weight is 1650 g/mol. The van der Waals surface area contributed by atoms with E-state index >= 15 is 0 Å². The second kappa shape index (κ2) is 43.4. The maximum atomic E-state index is 13.7. The van der Waals surface area contributed by atoms with E-state index in [1.54, 1.807) is 13.0 Å². The molecule has 1 heterocycles. The van der Waals surface area contributed by atoms with Gasteiger partial charge >= 0.3 is 43.0 Å². The number of alkyl halides is 18. The molecule has 7 aromatic rings. The topological polar surface area (TPSA) is 152 Å². The second-order valence-corrected chi connectivity index (χ2v) is 26.2. The minimum absolute atomic E-state index is 0.0506. The molecule has 114 heavy (non-hydrogen) atoms. The SMILES string of the molecule is CC1(C)COC(c2ccc(C(F)(F)F)cc2)=N1.CCCc1cc(C(F)(F)F)ccc1/C=C/C(=O)N[C@H](C)c1cc(F)c(C)c(F)c1.CCCc1cc(C(F)(F)F)ccc1/C=C/C(=O)O.CCCc1cc(C(F)(F)F)ccc1/C=C/C(C)=O.CCCc1cc(C(F)(F)F)ccc1C(=O)N(C)OC.O=C(Cl)c1ccc(C(F)(F)F)cc1. The first kappa shape index (κ1) is 98.0. The largest absolute Gasteiger partial charge is 0.478 e. The molecule has 32 heteroatoms. The number of rotatable bonds is 20. The number of hydroxylamine groups is 2. The standard InChI is InChI=1S/C22H22F5NO.C14H15F3O.C13H16F3NO2.C13H13F3O2.C12H12F3NO.C8H4ClF3O/c1-4-5-16-10-18(22(25,26)27)8-6-15(16)7-9-21(29)28-14(3)17-11-19(23)13(2)20(24)12-17;1-3-4-12-9-13(14(15,16)17)8-7-11(12)6-5-10(2)18;1-4-5-9-8-10(13(14,15)16)6-7-11(9)12(18)17(2)19-3;1-2-3-10-8-11(13(14,15)16)6-4-9(10)5-7-12(17)18;1-11(2)7-17-10(16-11)8-3-5-9(6-4-8)12(13,14)15;9-7(13)5-1-3-6(4-2-5)8(10,11)12/h6-12,14H,4-5H2,1-3H3,(H,28,29);5-9H,3-4H2,1-2H3;6-8H,4-5H2,1-3H3;4-8H,2-3H2,1H3,(H,17,18);3-6H,7H2,1-2H3;1-4H/b9-7+;6-5+;;7-5+;;/t14-;;;;;/m1...../s1. The Balaban J connectivity index is 0.000000360. The van der Waals surface area contributed by atoms with E-state index in [2.05, 4.69) is 10.3 Å². The first-order valence-corrected chi connectivity index (χ1v) is 35.0. The number of aliphatic carboxylic acids is 1. The molecule has 0 fully saturated rings. The summed E-state index contributed by atoms with van der Waals surface area (Å²) in [5.41, 5.74) is 0.0944. The van der Waals surface area contributed by atoms with Crippen molar-refractivity contribution in [3.05, 3.63) is 263 Å². The van der Waals surface area contributed by atoms with Gasteiger partial charge in [-0.25, -0.2) is 23.6 Å². The van der Waals surface area contributed by atoms with Crippen molar-refractivity contribution >= 4 is 64.5 Å². The third-order valence-corrected chi connectivity index (χ3v) is 16.3. The molecule has 0 aliphatic carbocycles. The van der Waals surface area contributed by atoms with Crippen LogP contribution in [0.15, 0.2) is 157 Å². The Morgan fingerprint density at radius 2 is 0.877 bits per heavy atom. The lowest BCUT2D eigenvalue weighted by Crippen LogP contribution is -2.26. The number of benzene rings is 7. The van der Waals surface area contributed by atoms with Crippen LogP contribution in [0.2, 0.25) is 0 Å². The summed E-state index contributed by atoms with van der Waals surface area (Å²) in [4.78, 5) is 64.9. The quantitative estimate of drug-likeness (QED) is 0.0331. The maximum absolute atomic E-state index is 13.7. The molecule has 2 amide bonds. The van der Waals surface area contributed by atoms with E-state index in [0.717, 1.165) is 115 Å². The van der Waals surface area contributed by atoms with Crippen molar-refractivity contribution < 1.29 is 126 Å². The van der Waals surface area contributed by atoms with Crippen LogP contribution in [-0.2, 0) is 86.7 Å². The van der Waals surface area contributed by atoms with Gasteiger partial charge in [-0.15, -0.1) is 0 Å². The fourth-order valence-corrected chi connectivity index (χ4v) is 10.2. The smallest absolute Gasteiger partial charge is 0.416 e. The zero-order chi connectivity index (χ0) is 86.7. The van der Waals surface area contributed by atoms with Crippen LogP contribution in [0.5, 0.6) is 0 Å². The number of carbonyl (C=O) groups is 5. The van der Waals surface area contributed by atoms with Crippen LogP contribution < -0.4 is 5.32 Å². The van der Waals surface area contributed by atoms with Crippen molar-refractivity contribution in [1.29, 1.82) is 0 Å². The van der Waals surface area contributed by atoms with E-state index in [-0.39, 0.29) is 33.6 Å². The van der Waals surface area contributed by atoms with Crippen molar-refractivity contribution in [1.82, 2.24) is 10.4 Å². The number of halogens is 21. The molecule has 7 aromatic carbocycles. The van der Waals surface area contributed by atoms with Gasteiger partial charge in [0, 0.05) is 41.5 Å². The molecule has 1 aliphatic heterocycles. The lowest BCUT2D eigenvalue weighted by Gasteiger charge is -2.17. The van der Waals surface area contributed by atoms with E-state index in [1.807, 2.05) is 41.5 Å². The van der Waals surface area contributed by atoms with E-state index in [9.17, 15) is 112 Å². The van der Waals surface area contributed by atoms with Crippen LogP contribution in [0.4, 0.5) is 87.8 Å². The zero-order valence-electron chi connectivity index (χ0n) is 63.2. The minimum atomic E-state index is -4.43. The molecule has 1 atom stereocenters. The Morgan fingerprint density at radius 3 is 1.21 bits per heavy atom. The summed E-state index contributed by atoms with van der Waals surface area (Å²) in [7, 11) is 2.73. The van der Waals surface area contributed by atoms with Gasteiger partial charge in [-0.3, -0.25) is 24.0 Å². The summed E-state index contributed by atoms with van der Waals surface area (Å²) < 4.78 is 258. The average Bonchev–Trinajstić information content (AvgIpc) is 1.25. The first-order chi connectivity index (χ1) is 52.7. The van der Waals surface area contributed by atoms with Gasteiger partial charge in [-0.05, 0) is 250 Å². The molecule has 0 saturated heterocycles. The summed E-state index contributed by atoms with van der Waals surface area (Å²) in [6, 6.07) is 23.7. The lowest BCUT2D eigenvalue weighted by molar-refractivity contribution is -0.138. The molecule has 8 rings (SSSR count). The van der Waals surface area contributed by atoms with Gasteiger partial charge in [0.15, 0.2) is 5.78 Å². The molecular weight excluding hydrogens is 1570 g/mol. The van der Waals surface area contributed by atoms with Gasteiger partial charge in [0.25, 0.3) is 11.1 Å². The first-order valence-electron chi connectivity index (χ1n) is 34.6. The van der Waals surface area contributed by atoms with Gasteiger partial charge in [-0.1, -0.05) is 77.7 Å². The molecule has 2 N–H and O–H groups in total. The highest BCUT2D eigenvalue weighted by Crippen LogP contribution is 2.37. The van der Waals surface area contributed by atoms with Crippen LogP contribution in [0, 0.1) is 18.6 Å². The van der Waals surface area contributed by atoms with E-state index in [0.29, 0.717) is 102 Å². The van der Waals surface area contributed by atoms with Crippen molar-refractivity contribution in [3.63, 3.8) is 0 Å². The normalized spacial score (nSPS) is 13.1. The van der Waals surface area contributed by atoms with Gasteiger partial charge in [0.05, 0.1) is 52.1 Å². The lowest BCUT2D eigenvalue weighted by atomic mass is 9.99. The monoisotopic (exact) mass is 1650 g/mol. The molecule has 620 valence electrons. The van der Waals surface area contributed by atoms with Gasteiger partial charge in [-0.2, -0.15) is 79.0 Å². The number of ketones is 1. The van der Waals surface area contributed by atoms with Crippen molar-refractivity contribution in [2.45, 2.75) is 162 Å². The molecular formula is C82H82ClF20N3O8. The molecule has 11 nitrogen and oxygen atoms in total. The molecule has 0 bridgehead atoms.